The number of anilines is 1. The Kier molecular flexibility index (Phi) is 6.53. The third-order valence-corrected chi connectivity index (χ3v) is 5.33. The van der Waals surface area contributed by atoms with E-state index in [0.29, 0.717) is 18.4 Å². The van der Waals surface area contributed by atoms with Crippen molar-refractivity contribution in [3.8, 4) is 0 Å². The second kappa shape index (κ2) is 8.96. The third-order valence-electron chi connectivity index (χ3n) is 5.33. The number of aryl methyl sites for hydroxylation is 2. The van der Waals surface area contributed by atoms with Gasteiger partial charge in [0.15, 0.2) is 0 Å². The van der Waals surface area contributed by atoms with E-state index in [-0.39, 0.29) is 42.2 Å². The van der Waals surface area contributed by atoms with Crippen molar-refractivity contribution in [2.75, 3.05) is 5.32 Å². The molecule has 1 fully saturated rings. The minimum atomic E-state index is -0.803. The minimum Gasteiger partial charge on any atom is -0.323 e. The molecule has 0 spiro atoms. The largest absolute Gasteiger partial charge is 0.323 e. The fraction of sp³-hybridized carbons (Fsp3) is 0.375. The van der Waals surface area contributed by atoms with Gasteiger partial charge in [-0.25, -0.2) is 8.78 Å². The van der Waals surface area contributed by atoms with Gasteiger partial charge in [0.1, 0.15) is 11.6 Å². The van der Waals surface area contributed by atoms with Gasteiger partial charge in [0.2, 0.25) is 17.7 Å². The molecular weight excluding hydrogens is 402 g/mol. The van der Waals surface area contributed by atoms with Crippen molar-refractivity contribution in [2.45, 2.75) is 52.4 Å². The summed E-state index contributed by atoms with van der Waals surface area (Å²) < 4.78 is 28.2. The molecule has 7 heteroatoms. The molecule has 3 amide bonds. The lowest BCUT2D eigenvalue weighted by Crippen LogP contribution is -2.37. The highest BCUT2D eigenvalue weighted by molar-refractivity contribution is 5.98. The van der Waals surface area contributed by atoms with Crippen molar-refractivity contribution in [2.24, 2.45) is 5.41 Å². The Bertz CT molecular complexity index is 995. The van der Waals surface area contributed by atoms with Gasteiger partial charge in [0.05, 0.1) is 5.69 Å². The van der Waals surface area contributed by atoms with E-state index < -0.39 is 17.0 Å². The van der Waals surface area contributed by atoms with Gasteiger partial charge in [-0.1, -0.05) is 45.0 Å². The lowest BCUT2D eigenvalue weighted by molar-refractivity contribution is -0.133. The van der Waals surface area contributed by atoms with Gasteiger partial charge in [-0.2, -0.15) is 0 Å². The van der Waals surface area contributed by atoms with E-state index in [2.05, 4.69) is 10.6 Å². The zero-order valence-corrected chi connectivity index (χ0v) is 17.9. The zero-order chi connectivity index (χ0) is 22.8. The second-order valence-electron chi connectivity index (χ2n) is 8.94. The van der Waals surface area contributed by atoms with E-state index in [9.17, 15) is 23.2 Å². The minimum absolute atomic E-state index is 0.00433. The van der Waals surface area contributed by atoms with Gasteiger partial charge < -0.3 is 5.32 Å². The first-order valence-electron chi connectivity index (χ1n) is 10.2. The SMILES string of the molecule is CC(C)(C)C(=O)Nc1c(F)cc(F)cc1CCc1ccc(C2CC(=O)NC(=O)C2)cc1. The van der Waals surface area contributed by atoms with Gasteiger partial charge in [-0.15, -0.1) is 0 Å². The third kappa shape index (κ3) is 5.75. The van der Waals surface area contributed by atoms with Crippen molar-refractivity contribution in [1.29, 1.82) is 0 Å². The van der Waals surface area contributed by atoms with Gasteiger partial charge in [0, 0.05) is 30.2 Å². The Balaban J connectivity index is 1.73. The van der Waals surface area contributed by atoms with Crippen molar-refractivity contribution < 1.29 is 23.2 Å². The number of rotatable bonds is 5. The first-order valence-corrected chi connectivity index (χ1v) is 10.2. The molecular formula is C24H26F2N2O3. The van der Waals surface area contributed by atoms with Crippen LogP contribution in [0.25, 0.3) is 0 Å². The molecule has 0 radical (unpaired) electrons. The van der Waals surface area contributed by atoms with E-state index in [4.69, 9.17) is 0 Å². The summed E-state index contributed by atoms with van der Waals surface area (Å²) in [6, 6.07) is 9.52. The smallest absolute Gasteiger partial charge is 0.229 e. The first-order chi connectivity index (χ1) is 14.5. The standard InChI is InChI=1S/C24H26F2N2O3/c1-24(2,3)23(31)28-22-16(10-18(25)13-19(22)26)9-6-14-4-7-15(8-5-14)17-11-20(29)27-21(30)12-17/h4-5,7-8,10,13,17H,6,9,11-12H2,1-3H3,(H,28,31)(H,27,29,30). The van der Waals surface area contributed by atoms with Gasteiger partial charge in [0.25, 0.3) is 0 Å². The van der Waals surface area contributed by atoms with Crippen LogP contribution < -0.4 is 10.6 Å². The highest BCUT2D eigenvalue weighted by Gasteiger charge is 2.26. The van der Waals surface area contributed by atoms with E-state index in [0.717, 1.165) is 17.2 Å². The van der Waals surface area contributed by atoms with Gasteiger partial charge in [-0.3, -0.25) is 19.7 Å². The van der Waals surface area contributed by atoms with Crippen LogP contribution in [-0.4, -0.2) is 17.7 Å². The average Bonchev–Trinajstić information content (AvgIpc) is 2.67. The molecule has 2 aromatic carbocycles. The first kappa shape index (κ1) is 22.6. The molecule has 31 heavy (non-hydrogen) atoms. The molecule has 2 aromatic rings. The fourth-order valence-electron chi connectivity index (χ4n) is 3.51. The van der Waals surface area contributed by atoms with E-state index in [1.54, 1.807) is 20.8 Å². The number of benzene rings is 2. The molecule has 0 atom stereocenters. The van der Waals surface area contributed by atoms with Gasteiger partial charge in [-0.05, 0) is 35.6 Å². The Morgan fingerprint density at radius 3 is 2.23 bits per heavy atom. The fourth-order valence-corrected chi connectivity index (χ4v) is 3.51. The molecule has 0 unspecified atom stereocenters. The topological polar surface area (TPSA) is 75.3 Å². The Morgan fingerprint density at radius 1 is 1.03 bits per heavy atom. The Hall–Kier alpha value is -3.09. The number of hydrogen-bond donors (Lipinski definition) is 2. The number of amides is 3. The Morgan fingerprint density at radius 2 is 1.65 bits per heavy atom. The summed E-state index contributed by atoms with van der Waals surface area (Å²) in [7, 11) is 0. The highest BCUT2D eigenvalue weighted by Crippen LogP contribution is 2.28. The molecule has 1 aliphatic rings. The van der Waals surface area contributed by atoms with Crippen LogP contribution >= 0.6 is 0 Å². The molecule has 0 aliphatic carbocycles. The zero-order valence-electron chi connectivity index (χ0n) is 17.9. The van der Waals surface area contributed by atoms with E-state index in [1.807, 2.05) is 24.3 Å². The van der Waals surface area contributed by atoms with Crippen LogP contribution in [0.3, 0.4) is 0 Å². The summed E-state index contributed by atoms with van der Waals surface area (Å²) in [6.07, 6.45) is 1.37. The second-order valence-corrected chi connectivity index (χ2v) is 8.94. The maximum absolute atomic E-state index is 14.4. The number of halogens is 2. The molecule has 0 saturated carbocycles. The molecule has 1 heterocycles. The predicted octanol–water partition coefficient (Wildman–Crippen LogP) is 4.25. The van der Waals surface area contributed by atoms with Crippen molar-refractivity contribution in [1.82, 2.24) is 5.32 Å². The molecule has 1 aliphatic heterocycles. The van der Waals surface area contributed by atoms with Crippen LogP contribution in [-0.2, 0) is 27.2 Å². The number of imide groups is 1. The molecule has 1 saturated heterocycles. The predicted molar refractivity (Wildman–Crippen MR) is 113 cm³/mol. The molecule has 5 nitrogen and oxygen atoms in total. The summed E-state index contributed by atoms with van der Waals surface area (Å²) in [5.74, 6) is -2.55. The van der Waals surface area contributed by atoms with E-state index in [1.165, 1.54) is 6.07 Å². The molecule has 3 rings (SSSR count). The monoisotopic (exact) mass is 428 g/mol. The van der Waals surface area contributed by atoms with Crippen LogP contribution in [0.4, 0.5) is 14.5 Å². The van der Waals surface area contributed by atoms with Crippen LogP contribution in [0.15, 0.2) is 36.4 Å². The molecule has 164 valence electrons. The van der Waals surface area contributed by atoms with Crippen molar-refractivity contribution in [3.63, 3.8) is 0 Å². The molecule has 2 N–H and O–H groups in total. The van der Waals surface area contributed by atoms with Crippen molar-refractivity contribution in [3.05, 3.63) is 64.7 Å². The summed E-state index contributed by atoms with van der Waals surface area (Å²) in [5, 5.41) is 4.89. The molecule has 0 aromatic heterocycles. The Labute approximate surface area is 180 Å². The highest BCUT2D eigenvalue weighted by atomic mass is 19.1. The maximum Gasteiger partial charge on any atom is 0.229 e. The lowest BCUT2D eigenvalue weighted by Gasteiger charge is -2.21. The quantitative estimate of drug-likeness (QED) is 0.699. The number of nitrogens with one attached hydrogen (secondary N) is 2. The summed E-state index contributed by atoms with van der Waals surface area (Å²) in [5.41, 5.74) is 1.51. The lowest BCUT2D eigenvalue weighted by atomic mass is 9.88. The average molecular weight is 428 g/mol. The summed E-state index contributed by atoms with van der Waals surface area (Å²) >= 11 is 0. The normalized spacial score (nSPS) is 15.0. The van der Waals surface area contributed by atoms with Gasteiger partial charge >= 0.3 is 0 Å². The number of carbonyl (C=O) groups is 3. The number of piperidine rings is 1. The van der Waals surface area contributed by atoms with Crippen LogP contribution in [0.2, 0.25) is 0 Å². The number of carbonyl (C=O) groups excluding carboxylic acids is 3. The summed E-state index contributed by atoms with van der Waals surface area (Å²) in [6.45, 7) is 5.15. The molecule has 0 bridgehead atoms. The van der Waals surface area contributed by atoms with Crippen molar-refractivity contribution >= 4 is 23.4 Å². The maximum atomic E-state index is 14.4. The van der Waals surface area contributed by atoms with Crippen LogP contribution in [0.1, 0.15) is 56.2 Å². The van der Waals surface area contributed by atoms with Crippen LogP contribution in [0, 0.1) is 17.0 Å². The summed E-state index contributed by atoms with van der Waals surface area (Å²) in [4.78, 5) is 35.5. The number of hydrogen-bond acceptors (Lipinski definition) is 3. The van der Waals surface area contributed by atoms with E-state index >= 15 is 0 Å². The van der Waals surface area contributed by atoms with Crippen LogP contribution in [0.5, 0.6) is 0 Å².